The Hall–Kier alpha value is -1.79. The Bertz CT molecular complexity index is 408. The first kappa shape index (κ1) is 17.3. The minimum Gasteiger partial charge on any atom is -0.481 e. The highest BCUT2D eigenvalue weighted by Crippen LogP contribution is 2.34. The Kier molecular flexibility index (Phi) is 5.99. The van der Waals surface area contributed by atoms with Gasteiger partial charge >= 0.3 is 18.0 Å². The highest BCUT2D eigenvalue weighted by molar-refractivity contribution is 5.76. The zero-order valence-corrected chi connectivity index (χ0v) is 12.8. The number of rotatable bonds is 5. The van der Waals surface area contributed by atoms with E-state index in [4.69, 9.17) is 0 Å². The van der Waals surface area contributed by atoms with Crippen molar-refractivity contribution >= 4 is 18.0 Å². The Morgan fingerprint density at radius 2 is 2.05 bits per heavy atom. The monoisotopic (exact) mass is 300 g/mol. The predicted octanol–water partition coefficient (Wildman–Crippen LogP) is 1.08. The molecule has 1 rings (SSSR count). The van der Waals surface area contributed by atoms with E-state index in [1.807, 2.05) is 0 Å². The Labute approximate surface area is 124 Å². The molecule has 0 aliphatic carbocycles. The Balaban J connectivity index is 2.50. The van der Waals surface area contributed by atoms with E-state index in [9.17, 15) is 19.5 Å². The summed E-state index contributed by atoms with van der Waals surface area (Å²) in [7, 11) is 1.30. The molecule has 0 bridgehead atoms. The number of ether oxygens (including phenoxy) is 1. The summed E-state index contributed by atoms with van der Waals surface area (Å²) in [6.45, 7) is 4.63. The van der Waals surface area contributed by atoms with E-state index in [-0.39, 0.29) is 30.9 Å². The molecule has 0 aromatic carbocycles. The van der Waals surface area contributed by atoms with Crippen molar-refractivity contribution in [3.05, 3.63) is 0 Å². The van der Waals surface area contributed by atoms with Gasteiger partial charge in [0.2, 0.25) is 0 Å². The molecule has 1 aliphatic rings. The third kappa shape index (κ3) is 4.61. The van der Waals surface area contributed by atoms with Crippen LogP contribution in [0.2, 0.25) is 0 Å². The number of nitrogens with one attached hydrogen (secondary N) is 1. The molecule has 1 aliphatic heterocycles. The Morgan fingerprint density at radius 3 is 2.62 bits per heavy atom. The quantitative estimate of drug-likeness (QED) is 0.741. The number of carbonyl (C=O) groups excluding carboxylic acids is 2. The van der Waals surface area contributed by atoms with Crippen molar-refractivity contribution in [2.75, 3.05) is 26.7 Å². The fraction of sp³-hybridized carbons (Fsp3) is 0.786. The van der Waals surface area contributed by atoms with Gasteiger partial charge in [-0.25, -0.2) is 4.79 Å². The number of esters is 1. The van der Waals surface area contributed by atoms with Crippen molar-refractivity contribution < 1.29 is 24.2 Å². The molecule has 0 radical (unpaired) electrons. The van der Waals surface area contributed by atoms with Gasteiger partial charge in [-0.1, -0.05) is 0 Å². The first-order chi connectivity index (χ1) is 9.78. The van der Waals surface area contributed by atoms with Crippen molar-refractivity contribution in [2.45, 2.75) is 33.1 Å². The number of hydrogen-bond donors (Lipinski definition) is 2. The van der Waals surface area contributed by atoms with Gasteiger partial charge in [-0.15, -0.1) is 0 Å². The standard InChI is InChI=1S/C14H24N2O5/c1-14(2,12(18)19)10-5-4-8-16(9-10)13(20)15-7-6-11(17)21-3/h10H,4-9H2,1-3H3,(H,15,20)(H,18,19). The summed E-state index contributed by atoms with van der Waals surface area (Å²) in [6.07, 6.45) is 1.71. The van der Waals surface area contributed by atoms with Crippen LogP contribution in [-0.2, 0) is 14.3 Å². The average Bonchev–Trinajstić information content (AvgIpc) is 2.46. The van der Waals surface area contributed by atoms with Gasteiger partial charge in [-0.05, 0) is 32.6 Å². The van der Waals surface area contributed by atoms with Gasteiger partial charge in [0.15, 0.2) is 0 Å². The number of aliphatic carboxylic acids is 1. The normalized spacial score (nSPS) is 19.0. The third-order valence-electron chi connectivity index (χ3n) is 4.11. The largest absolute Gasteiger partial charge is 0.481 e. The zero-order chi connectivity index (χ0) is 16.0. The van der Waals surface area contributed by atoms with Gasteiger partial charge in [0, 0.05) is 19.6 Å². The molecule has 0 aromatic heterocycles. The molecule has 0 spiro atoms. The van der Waals surface area contributed by atoms with E-state index in [0.717, 1.165) is 12.8 Å². The lowest BCUT2D eigenvalue weighted by Gasteiger charge is -2.39. The lowest BCUT2D eigenvalue weighted by molar-refractivity contribution is -0.151. The fourth-order valence-corrected chi connectivity index (χ4v) is 2.41. The molecule has 1 atom stereocenters. The molecule has 0 aromatic rings. The highest BCUT2D eigenvalue weighted by Gasteiger charge is 2.39. The van der Waals surface area contributed by atoms with Gasteiger partial charge in [0.25, 0.3) is 0 Å². The molecular weight excluding hydrogens is 276 g/mol. The van der Waals surface area contributed by atoms with Crippen LogP contribution in [0.15, 0.2) is 0 Å². The molecule has 2 amide bonds. The Morgan fingerprint density at radius 1 is 1.38 bits per heavy atom. The summed E-state index contributed by atoms with van der Waals surface area (Å²) in [6, 6.07) is -0.259. The van der Waals surface area contributed by atoms with E-state index in [2.05, 4.69) is 10.1 Å². The summed E-state index contributed by atoms with van der Waals surface area (Å²) >= 11 is 0. The lowest BCUT2D eigenvalue weighted by atomic mass is 9.74. The van der Waals surface area contributed by atoms with Crippen molar-refractivity contribution in [3.8, 4) is 0 Å². The first-order valence-corrected chi connectivity index (χ1v) is 7.12. The second-order valence-corrected chi connectivity index (χ2v) is 5.87. The molecule has 1 fully saturated rings. The maximum atomic E-state index is 12.0. The molecular formula is C14H24N2O5. The van der Waals surface area contributed by atoms with Crippen molar-refractivity contribution in [2.24, 2.45) is 11.3 Å². The van der Waals surface area contributed by atoms with E-state index in [1.54, 1.807) is 18.7 Å². The summed E-state index contributed by atoms with van der Waals surface area (Å²) in [5.74, 6) is -1.30. The van der Waals surface area contributed by atoms with E-state index >= 15 is 0 Å². The second kappa shape index (κ2) is 7.28. The zero-order valence-electron chi connectivity index (χ0n) is 12.8. The summed E-state index contributed by atoms with van der Waals surface area (Å²) in [4.78, 5) is 35.9. The number of piperidine rings is 1. The van der Waals surface area contributed by atoms with E-state index in [1.165, 1.54) is 7.11 Å². The van der Waals surface area contributed by atoms with Crippen LogP contribution in [-0.4, -0.2) is 54.7 Å². The average molecular weight is 300 g/mol. The van der Waals surface area contributed by atoms with Crippen LogP contribution in [0.4, 0.5) is 4.79 Å². The number of amides is 2. The number of carbonyl (C=O) groups is 3. The number of urea groups is 1. The molecule has 1 unspecified atom stereocenters. The molecule has 120 valence electrons. The van der Waals surface area contributed by atoms with Crippen LogP contribution in [0.5, 0.6) is 0 Å². The van der Waals surface area contributed by atoms with E-state index < -0.39 is 11.4 Å². The molecule has 0 saturated carbocycles. The third-order valence-corrected chi connectivity index (χ3v) is 4.11. The second-order valence-electron chi connectivity index (χ2n) is 5.87. The summed E-state index contributed by atoms with van der Waals surface area (Å²) in [5, 5.41) is 11.9. The van der Waals surface area contributed by atoms with Crippen molar-refractivity contribution in [1.29, 1.82) is 0 Å². The van der Waals surface area contributed by atoms with Crippen LogP contribution in [0, 0.1) is 11.3 Å². The van der Waals surface area contributed by atoms with Gasteiger partial charge in [0.1, 0.15) is 0 Å². The number of nitrogens with zero attached hydrogens (tertiary/aromatic N) is 1. The molecule has 7 heteroatoms. The number of carboxylic acids is 1. The summed E-state index contributed by atoms with van der Waals surface area (Å²) < 4.78 is 4.50. The van der Waals surface area contributed by atoms with Gasteiger partial charge < -0.3 is 20.1 Å². The SMILES string of the molecule is COC(=O)CCNC(=O)N1CCCC(C(C)(C)C(=O)O)C1. The topological polar surface area (TPSA) is 95.9 Å². The van der Waals surface area contributed by atoms with E-state index in [0.29, 0.717) is 13.1 Å². The van der Waals surface area contributed by atoms with Crippen LogP contribution in [0.25, 0.3) is 0 Å². The van der Waals surface area contributed by atoms with Gasteiger partial charge in [-0.2, -0.15) is 0 Å². The highest BCUT2D eigenvalue weighted by atomic mass is 16.5. The van der Waals surface area contributed by atoms with Crippen LogP contribution < -0.4 is 5.32 Å². The molecule has 1 heterocycles. The van der Waals surface area contributed by atoms with Crippen LogP contribution >= 0.6 is 0 Å². The van der Waals surface area contributed by atoms with Gasteiger partial charge in [-0.3, -0.25) is 9.59 Å². The van der Waals surface area contributed by atoms with Crippen molar-refractivity contribution in [1.82, 2.24) is 10.2 Å². The molecule has 7 nitrogen and oxygen atoms in total. The van der Waals surface area contributed by atoms with Crippen LogP contribution in [0.3, 0.4) is 0 Å². The number of methoxy groups -OCH3 is 1. The fourth-order valence-electron chi connectivity index (χ4n) is 2.41. The minimum atomic E-state index is -0.856. The maximum absolute atomic E-state index is 12.0. The lowest BCUT2D eigenvalue weighted by Crippen LogP contribution is -2.50. The smallest absolute Gasteiger partial charge is 0.317 e. The van der Waals surface area contributed by atoms with Gasteiger partial charge in [0.05, 0.1) is 18.9 Å². The minimum absolute atomic E-state index is 0.0740. The predicted molar refractivity (Wildman–Crippen MR) is 75.7 cm³/mol. The molecule has 1 saturated heterocycles. The number of likely N-dealkylation sites (tertiary alicyclic amines) is 1. The molecule has 21 heavy (non-hydrogen) atoms. The number of hydrogen-bond acceptors (Lipinski definition) is 4. The first-order valence-electron chi connectivity index (χ1n) is 7.12. The number of carboxylic acid groups (broad SMARTS) is 1. The maximum Gasteiger partial charge on any atom is 0.317 e. The molecule has 2 N–H and O–H groups in total. The summed E-state index contributed by atoms with van der Waals surface area (Å²) in [5.41, 5.74) is -0.856. The van der Waals surface area contributed by atoms with Crippen LogP contribution in [0.1, 0.15) is 33.1 Å². The van der Waals surface area contributed by atoms with Crippen molar-refractivity contribution in [3.63, 3.8) is 0 Å².